The summed E-state index contributed by atoms with van der Waals surface area (Å²) in [6.45, 7) is 4.55. The summed E-state index contributed by atoms with van der Waals surface area (Å²) in [5.41, 5.74) is 1.39. The summed E-state index contributed by atoms with van der Waals surface area (Å²) in [5, 5.41) is 17.9. The molecule has 1 aromatic heterocycles. The number of hydrogen-bond acceptors (Lipinski definition) is 6. The smallest absolute Gasteiger partial charge is 0.343 e. The summed E-state index contributed by atoms with van der Waals surface area (Å²) in [6, 6.07) is 11.9. The van der Waals surface area contributed by atoms with E-state index in [1.165, 1.54) is 17.5 Å². The molecule has 0 aliphatic carbocycles. The highest BCUT2D eigenvalue weighted by Crippen LogP contribution is 2.35. The number of rotatable bonds is 7. The average Bonchev–Trinajstić information content (AvgIpc) is 3.48. The second-order valence-electron chi connectivity index (χ2n) is 13.2. The number of nitrogens with one attached hydrogen (secondary N) is 2. The van der Waals surface area contributed by atoms with E-state index in [1.54, 1.807) is 17.0 Å². The van der Waals surface area contributed by atoms with E-state index < -0.39 is 6.04 Å². The average molecular weight is 774 g/mol. The first kappa shape index (κ1) is 33.7. The lowest BCUT2D eigenvalue weighted by atomic mass is 9.79. The van der Waals surface area contributed by atoms with E-state index in [4.69, 9.17) is 0 Å². The van der Waals surface area contributed by atoms with Gasteiger partial charge in [-0.2, -0.15) is 0 Å². The number of phenols is 1. The molecule has 3 N–H and O–H groups in total. The van der Waals surface area contributed by atoms with E-state index >= 15 is 0 Å². The predicted octanol–water partition coefficient (Wildman–Crippen LogP) is 5.01. The number of piperidine rings is 3. The van der Waals surface area contributed by atoms with Crippen molar-refractivity contribution in [3.63, 3.8) is 0 Å². The fourth-order valence-electron chi connectivity index (χ4n) is 7.35. The zero-order valence-corrected chi connectivity index (χ0v) is 29.9. The van der Waals surface area contributed by atoms with E-state index in [9.17, 15) is 19.5 Å². The molecule has 3 aliphatic rings. The van der Waals surface area contributed by atoms with Crippen molar-refractivity contribution < 1.29 is 14.7 Å². The molecule has 252 valence electrons. The third-order valence-electron chi connectivity index (χ3n) is 10.2. The zero-order valence-electron chi connectivity index (χ0n) is 26.7. The van der Waals surface area contributed by atoms with Gasteiger partial charge in [-0.05, 0) is 120 Å². The molecule has 3 saturated heterocycles. The van der Waals surface area contributed by atoms with E-state index in [-0.39, 0.29) is 29.4 Å². The van der Waals surface area contributed by atoms with Crippen molar-refractivity contribution in [1.29, 1.82) is 0 Å². The van der Waals surface area contributed by atoms with Crippen LogP contribution in [0.25, 0.3) is 11.4 Å². The Kier molecular flexibility index (Phi) is 10.7. The van der Waals surface area contributed by atoms with Gasteiger partial charge in [0.1, 0.15) is 11.8 Å². The van der Waals surface area contributed by atoms with Crippen molar-refractivity contribution >= 4 is 43.8 Å². The van der Waals surface area contributed by atoms with Crippen LogP contribution in [0.5, 0.6) is 5.75 Å². The van der Waals surface area contributed by atoms with Crippen molar-refractivity contribution in [1.82, 2.24) is 34.8 Å². The standard InChI is InChI=1S/C34H43Br2N7O4/c1-40-13-7-23(8-14-40)24-9-15-41(16-10-24)32(45)29(21-22-19-27(35)30(44)28(36)20-22)37-33(46)42-17-11-26(12-18-42)43-34(47)38-31(39-43)25-5-3-2-4-6-25/h2-6,19-20,23-24,26,29,44H,7-18,21H2,1H3,(H,37,46)(H,38,39,47)/t29-/m1/s1. The molecule has 47 heavy (non-hydrogen) atoms. The van der Waals surface area contributed by atoms with Gasteiger partial charge in [-0.1, -0.05) is 30.3 Å². The van der Waals surface area contributed by atoms with Gasteiger partial charge in [0.05, 0.1) is 15.0 Å². The van der Waals surface area contributed by atoms with Crippen molar-refractivity contribution in [3.05, 3.63) is 67.5 Å². The van der Waals surface area contributed by atoms with Gasteiger partial charge in [0.25, 0.3) is 0 Å². The maximum Gasteiger partial charge on any atom is 0.343 e. The topological polar surface area (TPSA) is 127 Å². The molecule has 3 amide bonds. The van der Waals surface area contributed by atoms with Crippen LogP contribution in [-0.4, -0.2) is 98.9 Å². The Hall–Kier alpha value is -3.16. The Labute approximate surface area is 291 Å². The number of aromatic hydroxyl groups is 1. The molecule has 3 aliphatic heterocycles. The third-order valence-corrected chi connectivity index (χ3v) is 11.4. The van der Waals surface area contributed by atoms with E-state index in [0.717, 1.165) is 43.0 Å². The second kappa shape index (κ2) is 14.9. The number of nitrogens with zero attached hydrogens (tertiary/aromatic N) is 5. The minimum atomic E-state index is -0.758. The minimum Gasteiger partial charge on any atom is -0.506 e. The molecule has 13 heteroatoms. The fraction of sp³-hybridized carbons (Fsp3) is 0.529. The number of halogens is 2. The highest BCUT2D eigenvalue weighted by atomic mass is 79.9. The van der Waals surface area contributed by atoms with E-state index in [0.29, 0.717) is 66.1 Å². The number of aromatic amines is 1. The summed E-state index contributed by atoms with van der Waals surface area (Å²) >= 11 is 6.80. The van der Waals surface area contributed by atoms with Crippen molar-refractivity contribution in [2.45, 2.75) is 57.0 Å². The third kappa shape index (κ3) is 7.94. The number of urea groups is 1. The lowest BCUT2D eigenvalue weighted by Gasteiger charge is -2.40. The molecule has 2 aromatic carbocycles. The van der Waals surface area contributed by atoms with Crippen molar-refractivity contribution in [2.75, 3.05) is 46.3 Å². The Balaban J connectivity index is 1.10. The van der Waals surface area contributed by atoms with Crippen LogP contribution in [0.3, 0.4) is 0 Å². The largest absolute Gasteiger partial charge is 0.506 e. The maximum absolute atomic E-state index is 14.0. The van der Waals surface area contributed by atoms with Gasteiger partial charge in [0.2, 0.25) is 5.91 Å². The Morgan fingerprint density at radius 1 is 0.915 bits per heavy atom. The summed E-state index contributed by atoms with van der Waals surface area (Å²) in [7, 11) is 2.18. The first-order valence-electron chi connectivity index (χ1n) is 16.6. The second-order valence-corrected chi connectivity index (χ2v) is 14.9. The Morgan fingerprint density at radius 2 is 1.49 bits per heavy atom. The van der Waals surface area contributed by atoms with Crippen LogP contribution in [-0.2, 0) is 11.2 Å². The van der Waals surface area contributed by atoms with Gasteiger partial charge in [-0.15, -0.1) is 5.10 Å². The molecule has 0 saturated carbocycles. The lowest BCUT2D eigenvalue weighted by Crippen LogP contribution is -2.55. The van der Waals surface area contributed by atoms with Crippen LogP contribution in [0.1, 0.15) is 50.1 Å². The number of likely N-dealkylation sites (tertiary alicyclic amines) is 3. The summed E-state index contributed by atoms with van der Waals surface area (Å²) in [5.74, 6) is 1.89. The Bertz CT molecular complexity index is 1580. The van der Waals surface area contributed by atoms with Crippen LogP contribution in [0.4, 0.5) is 4.79 Å². The molecule has 3 aromatic rings. The normalized spacial score (nSPS) is 19.6. The highest BCUT2D eigenvalue weighted by molar-refractivity contribution is 9.11. The van der Waals surface area contributed by atoms with Gasteiger partial charge in [-0.25, -0.2) is 14.3 Å². The number of amides is 3. The fourth-order valence-corrected chi connectivity index (χ4v) is 8.63. The molecular formula is C34H43Br2N7O4. The minimum absolute atomic E-state index is 0.0769. The van der Waals surface area contributed by atoms with E-state index in [2.05, 4.69) is 59.2 Å². The maximum atomic E-state index is 14.0. The first-order chi connectivity index (χ1) is 22.7. The number of carbonyl (C=O) groups excluding carboxylic acids is 2. The molecule has 1 atom stereocenters. The predicted molar refractivity (Wildman–Crippen MR) is 187 cm³/mol. The molecule has 0 spiro atoms. The number of H-pyrrole nitrogens is 1. The molecule has 0 radical (unpaired) electrons. The lowest BCUT2D eigenvalue weighted by molar-refractivity contribution is -0.135. The molecule has 0 unspecified atom stereocenters. The van der Waals surface area contributed by atoms with Crippen LogP contribution >= 0.6 is 31.9 Å². The van der Waals surface area contributed by atoms with Crippen LogP contribution in [0, 0.1) is 11.8 Å². The van der Waals surface area contributed by atoms with Crippen molar-refractivity contribution in [2.24, 2.45) is 11.8 Å². The first-order valence-corrected chi connectivity index (χ1v) is 18.2. The zero-order chi connectivity index (χ0) is 33.1. The number of phenolic OH excluding ortho intramolecular Hbond substituents is 1. The highest BCUT2D eigenvalue weighted by Gasteiger charge is 2.35. The van der Waals surface area contributed by atoms with Gasteiger partial charge in [0, 0.05) is 38.2 Å². The molecule has 0 bridgehead atoms. The molecule has 11 nitrogen and oxygen atoms in total. The molecule has 4 heterocycles. The molecule has 3 fully saturated rings. The van der Waals surface area contributed by atoms with Gasteiger partial charge in [-0.3, -0.25) is 9.78 Å². The SMILES string of the molecule is CN1CCC(C2CCN(C(=O)[C@@H](Cc3cc(Br)c(O)c(Br)c3)NC(=O)N3CCC(n4nc(-c5ccccc5)[nH]c4=O)CC3)CC2)CC1. The molecular weight excluding hydrogens is 730 g/mol. The van der Waals surface area contributed by atoms with Gasteiger partial charge in [0.15, 0.2) is 5.82 Å². The number of hydrogen-bond donors (Lipinski definition) is 3. The van der Waals surface area contributed by atoms with Crippen LogP contribution < -0.4 is 11.0 Å². The van der Waals surface area contributed by atoms with Crippen LogP contribution in [0.15, 0.2) is 56.2 Å². The number of carbonyl (C=O) groups is 2. The summed E-state index contributed by atoms with van der Waals surface area (Å²) in [6.07, 6.45) is 5.86. The van der Waals surface area contributed by atoms with Gasteiger partial charge >= 0.3 is 11.7 Å². The molecule has 6 rings (SSSR count). The monoisotopic (exact) mass is 771 g/mol. The summed E-state index contributed by atoms with van der Waals surface area (Å²) < 4.78 is 2.54. The van der Waals surface area contributed by atoms with Crippen molar-refractivity contribution in [3.8, 4) is 17.1 Å². The Morgan fingerprint density at radius 3 is 2.11 bits per heavy atom. The van der Waals surface area contributed by atoms with E-state index in [1.807, 2.05) is 35.2 Å². The quantitative estimate of drug-likeness (QED) is 0.310. The number of aromatic nitrogens is 3. The van der Waals surface area contributed by atoms with Crippen LogP contribution in [0.2, 0.25) is 0 Å². The number of benzene rings is 2. The summed E-state index contributed by atoms with van der Waals surface area (Å²) in [4.78, 5) is 49.3. The van der Waals surface area contributed by atoms with Gasteiger partial charge < -0.3 is 25.1 Å².